The fraction of sp³-hybridized carbons (Fsp3) is 0.167. The molecule has 0 aliphatic rings. The molecule has 1 heterocycles. The Morgan fingerprint density at radius 3 is 2.43 bits per heavy atom. The van der Waals surface area contributed by atoms with Crippen LogP contribution in [0.1, 0.15) is 21.4 Å². The molecule has 14 heavy (non-hydrogen) atoms. The predicted octanol–water partition coefficient (Wildman–Crippen LogP) is 4.38. The van der Waals surface area contributed by atoms with Crippen LogP contribution in [0.4, 0.5) is 0 Å². The molecule has 2 heteroatoms. The fourth-order valence-electron chi connectivity index (χ4n) is 1.34. The van der Waals surface area contributed by atoms with Gasteiger partial charge in [-0.3, -0.25) is 0 Å². The van der Waals surface area contributed by atoms with Crippen LogP contribution in [0.25, 0.3) is 0 Å². The van der Waals surface area contributed by atoms with Crippen molar-refractivity contribution in [2.75, 3.05) is 0 Å². The molecule has 0 fully saturated rings. The lowest BCUT2D eigenvalue weighted by molar-refractivity contribution is 1.18. The molecule has 0 nitrogen and oxygen atoms in total. The van der Waals surface area contributed by atoms with E-state index < -0.39 is 0 Å². The number of halogens is 1. The van der Waals surface area contributed by atoms with E-state index in [2.05, 4.69) is 42.6 Å². The lowest BCUT2D eigenvalue weighted by Crippen LogP contribution is -1.89. The van der Waals surface area contributed by atoms with Gasteiger partial charge in [-0.25, -0.2) is 0 Å². The molecular formula is C12H11ClS. The summed E-state index contributed by atoms with van der Waals surface area (Å²) in [5, 5.41) is 2.05. The molecule has 2 rings (SSSR count). The van der Waals surface area contributed by atoms with Gasteiger partial charge in [-0.1, -0.05) is 35.9 Å². The molecule has 2 aromatic rings. The van der Waals surface area contributed by atoms with Gasteiger partial charge in [-0.15, -0.1) is 22.9 Å². The number of rotatable bonds is 2. The number of hydrogen-bond donors (Lipinski definition) is 0. The van der Waals surface area contributed by atoms with Crippen molar-refractivity contribution in [1.82, 2.24) is 0 Å². The second-order valence-corrected chi connectivity index (χ2v) is 4.70. The van der Waals surface area contributed by atoms with Gasteiger partial charge in [0.25, 0.3) is 0 Å². The molecule has 0 radical (unpaired) electrons. The van der Waals surface area contributed by atoms with Crippen LogP contribution in [0.2, 0.25) is 0 Å². The molecule has 1 aromatic carbocycles. The van der Waals surface area contributed by atoms with Gasteiger partial charge in [0.15, 0.2) is 0 Å². The molecule has 1 unspecified atom stereocenters. The molecule has 1 atom stereocenters. The highest BCUT2D eigenvalue weighted by Gasteiger charge is 2.10. The topological polar surface area (TPSA) is 0 Å². The second kappa shape index (κ2) is 4.16. The maximum Gasteiger partial charge on any atom is 0.0927 e. The van der Waals surface area contributed by atoms with Gasteiger partial charge in [0.1, 0.15) is 0 Å². The first-order valence-electron chi connectivity index (χ1n) is 4.51. The summed E-state index contributed by atoms with van der Waals surface area (Å²) in [5.74, 6) is 0. The first-order valence-corrected chi connectivity index (χ1v) is 5.83. The van der Waals surface area contributed by atoms with Crippen LogP contribution in [0.3, 0.4) is 0 Å². The molecular weight excluding hydrogens is 212 g/mol. The van der Waals surface area contributed by atoms with Crippen LogP contribution >= 0.6 is 22.9 Å². The third-order valence-electron chi connectivity index (χ3n) is 2.16. The van der Waals surface area contributed by atoms with Crippen molar-refractivity contribution in [3.8, 4) is 0 Å². The maximum atomic E-state index is 6.34. The smallest absolute Gasteiger partial charge is 0.0927 e. The number of benzene rings is 1. The Morgan fingerprint density at radius 1 is 1.14 bits per heavy atom. The Morgan fingerprint density at radius 2 is 1.86 bits per heavy atom. The Bertz CT molecular complexity index is 389. The average molecular weight is 223 g/mol. The summed E-state index contributed by atoms with van der Waals surface area (Å²) >= 11 is 8.03. The van der Waals surface area contributed by atoms with E-state index >= 15 is 0 Å². The summed E-state index contributed by atoms with van der Waals surface area (Å²) in [6.07, 6.45) is 0. The number of alkyl halides is 1. The van der Waals surface area contributed by atoms with E-state index in [4.69, 9.17) is 11.6 Å². The molecule has 0 spiro atoms. The summed E-state index contributed by atoms with van der Waals surface area (Å²) in [7, 11) is 0. The van der Waals surface area contributed by atoms with Crippen molar-refractivity contribution in [2.24, 2.45) is 0 Å². The first-order chi connectivity index (χ1) is 6.77. The summed E-state index contributed by atoms with van der Waals surface area (Å²) in [4.78, 5) is 1.20. The Labute approximate surface area is 93.2 Å². The van der Waals surface area contributed by atoms with Crippen molar-refractivity contribution in [1.29, 1.82) is 0 Å². The van der Waals surface area contributed by atoms with Crippen molar-refractivity contribution in [3.05, 3.63) is 57.8 Å². The zero-order chi connectivity index (χ0) is 9.97. The summed E-state index contributed by atoms with van der Waals surface area (Å²) in [5.41, 5.74) is 2.43. The van der Waals surface area contributed by atoms with Crippen LogP contribution in [0, 0.1) is 6.92 Å². The largest absolute Gasteiger partial charge is 0.147 e. The molecule has 0 amide bonds. The van der Waals surface area contributed by atoms with Gasteiger partial charge in [0, 0.05) is 4.88 Å². The third kappa shape index (κ3) is 1.99. The molecule has 0 aliphatic heterocycles. The lowest BCUT2D eigenvalue weighted by atomic mass is 10.1. The highest BCUT2D eigenvalue weighted by atomic mass is 35.5. The molecule has 72 valence electrons. The van der Waals surface area contributed by atoms with E-state index in [9.17, 15) is 0 Å². The second-order valence-electron chi connectivity index (χ2n) is 3.29. The van der Waals surface area contributed by atoms with Gasteiger partial charge < -0.3 is 0 Å². The normalized spacial score (nSPS) is 12.7. The summed E-state index contributed by atoms with van der Waals surface area (Å²) < 4.78 is 0. The van der Waals surface area contributed by atoms with Gasteiger partial charge in [-0.05, 0) is 23.9 Å². The van der Waals surface area contributed by atoms with E-state index in [0.717, 1.165) is 0 Å². The van der Waals surface area contributed by atoms with Crippen molar-refractivity contribution in [3.63, 3.8) is 0 Å². The average Bonchev–Trinajstić information content (AvgIpc) is 2.71. The highest BCUT2D eigenvalue weighted by molar-refractivity contribution is 7.10. The number of hydrogen-bond acceptors (Lipinski definition) is 1. The van der Waals surface area contributed by atoms with E-state index in [1.165, 1.54) is 16.0 Å². The van der Waals surface area contributed by atoms with Crippen molar-refractivity contribution in [2.45, 2.75) is 12.3 Å². The fourth-order valence-corrected chi connectivity index (χ4v) is 2.43. The molecule has 0 aliphatic carbocycles. The Hall–Kier alpha value is -0.790. The van der Waals surface area contributed by atoms with Gasteiger partial charge >= 0.3 is 0 Å². The Balaban J connectivity index is 2.28. The van der Waals surface area contributed by atoms with Crippen LogP contribution in [-0.2, 0) is 0 Å². The monoisotopic (exact) mass is 222 g/mol. The van der Waals surface area contributed by atoms with E-state index in [1.807, 2.05) is 6.07 Å². The SMILES string of the molecule is Cc1ccc(C(Cl)c2cccs2)cc1. The maximum absolute atomic E-state index is 6.34. The van der Waals surface area contributed by atoms with Crippen molar-refractivity contribution >= 4 is 22.9 Å². The van der Waals surface area contributed by atoms with Gasteiger partial charge in [0.05, 0.1) is 5.38 Å². The van der Waals surface area contributed by atoms with Crippen LogP contribution in [0.5, 0.6) is 0 Å². The first kappa shape index (κ1) is 9.75. The standard InChI is InChI=1S/C12H11ClS/c1-9-4-6-10(7-5-9)12(13)11-3-2-8-14-11/h2-8,12H,1H3. The minimum Gasteiger partial charge on any atom is -0.147 e. The number of aryl methyl sites for hydroxylation is 1. The minimum absolute atomic E-state index is 0.00407. The minimum atomic E-state index is -0.00407. The quantitative estimate of drug-likeness (QED) is 0.662. The van der Waals surface area contributed by atoms with Gasteiger partial charge in [-0.2, -0.15) is 0 Å². The molecule has 0 N–H and O–H groups in total. The number of thiophene rings is 1. The zero-order valence-corrected chi connectivity index (χ0v) is 9.48. The zero-order valence-electron chi connectivity index (χ0n) is 7.91. The van der Waals surface area contributed by atoms with Crippen LogP contribution in [-0.4, -0.2) is 0 Å². The predicted molar refractivity (Wildman–Crippen MR) is 63.2 cm³/mol. The van der Waals surface area contributed by atoms with Gasteiger partial charge in [0.2, 0.25) is 0 Å². The molecule has 1 aromatic heterocycles. The van der Waals surface area contributed by atoms with Crippen molar-refractivity contribution < 1.29 is 0 Å². The van der Waals surface area contributed by atoms with E-state index in [0.29, 0.717) is 0 Å². The summed E-state index contributed by atoms with van der Waals surface area (Å²) in [6.45, 7) is 2.08. The molecule has 0 saturated carbocycles. The van der Waals surface area contributed by atoms with Crippen LogP contribution in [0.15, 0.2) is 41.8 Å². The molecule has 0 bridgehead atoms. The van der Waals surface area contributed by atoms with E-state index in [-0.39, 0.29) is 5.38 Å². The third-order valence-corrected chi connectivity index (χ3v) is 3.72. The Kier molecular flexibility index (Phi) is 2.90. The molecule has 0 saturated heterocycles. The van der Waals surface area contributed by atoms with E-state index in [1.54, 1.807) is 11.3 Å². The highest BCUT2D eigenvalue weighted by Crippen LogP contribution is 2.31. The lowest BCUT2D eigenvalue weighted by Gasteiger charge is -2.07. The van der Waals surface area contributed by atoms with Crippen LogP contribution < -0.4 is 0 Å². The summed E-state index contributed by atoms with van der Waals surface area (Å²) in [6, 6.07) is 12.5.